The fourth-order valence-corrected chi connectivity index (χ4v) is 3.99. The Labute approximate surface area is 203 Å². The fourth-order valence-electron chi connectivity index (χ4n) is 3.99. The molecule has 1 fully saturated rings. The average molecular weight is 486 g/mol. The predicted molar refractivity (Wildman–Crippen MR) is 130 cm³/mol. The Bertz CT molecular complexity index is 1110. The van der Waals surface area contributed by atoms with Gasteiger partial charge >= 0.3 is 0 Å². The van der Waals surface area contributed by atoms with Crippen molar-refractivity contribution >= 4 is 16.9 Å². The summed E-state index contributed by atoms with van der Waals surface area (Å²) >= 11 is 0. The van der Waals surface area contributed by atoms with E-state index in [0.29, 0.717) is 37.0 Å². The minimum atomic E-state index is -0.403. The molecule has 1 amide bonds. The highest BCUT2D eigenvalue weighted by Crippen LogP contribution is 2.26. The predicted octanol–water partition coefficient (Wildman–Crippen LogP) is 1.89. The number of morpholine rings is 1. The van der Waals surface area contributed by atoms with E-state index in [1.165, 1.54) is 12.1 Å². The van der Waals surface area contributed by atoms with Crippen molar-refractivity contribution in [3.05, 3.63) is 54.1 Å². The summed E-state index contributed by atoms with van der Waals surface area (Å²) in [5.41, 5.74) is 1.56. The number of amides is 1. The maximum absolute atomic E-state index is 13.2. The van der Waals surface area contributed by atoms with Crippen molar-refractivity contribution < 1.29 is 23.8 Å². The standard InChI is InChI=1S/C25H32FN5O4/c1-18(25(33)27-8-9-30-11-14-34-15-12-30)28-17-24-29-22-7-6-21(16-23(22)31(24)10-13-32)35-20-4-2-19(26)3-5-20/h2-7,16,18,28,32H,8-15,17H2,1H3,(H,27,33)/t18-/m0/s1. The zero-order valence-electron chi connectivity index (χ0n) is 19.9. The number of aliphatic hydroxyl groups excluding tert-OH is 1. The lowest BCUT2D eigenvalue weighted by Crippen LogP contribution is -2.46. The number of aromatic nitrogens is 2. The molecule has 9 nitrogen and oxygen atoms in total. The zero-order chi connectivity index (χ0) is 24.6. The third kappa shape index (κ3) is 6.76. The Kier molecular flexibility index (Phi) is 8.64. The van der Waals surface area contributed by atoms with Gasteiger partial charge in [-0.2, -0.15) is 0 Å². The lowest BCUT2D eigenvalue weighted by molar-refractivity contribution is -0.122. The van der Waals surface area contributed by atoms with Gasteiger partial charge in [0.05, 0.1) is 43.4 Å². The number of aliphatic hydroxyl groups is 1. The molecule has 2 heterocycles. The molecule has 1 atom stereocenters. The first-order chi connectivity index (χ1) is 17.0. The molecule has 2 aromatic carbocycles. The number of halogens is 1. The Morgan fingerprint density at radius 2 is 1.91 bits per heavy atom. The van der Waals surface area contributed by atoms with Crippen LogP contribution in [0.15, 0.2) is 42.5 Å². The third-order valence-electron chi connectivity index (χ3n) is 5.96. The van der Waals surface area contributed by atoms with E-state index in [2.05, 4.69) is 20.5 Å². The van der Waals surface area contributed by atoms with Crippen LogP contribution in [0.3, 0.4) is 0 Å². The first-order valence-electron chi connectivity index (χ1n) is 11.9. The topological polar surface area (TPSA) is 101 Å². The van der Waals surface area contributed by atoms with E-state index >= 15 is 0 Å². The van der Waals surface area contributed by atoms with Crippen LogP contribution in [0.2, 0.25) is 0 Å². The number of hydrogen-bond acceptors (Lipinski definition) is 7. The molecule has 1 aliphatic rings. The molecule has 0 radical (unpaired) electrons. The maximum atomic E-state index is 13.2. The van der Waals surface area contributed by atoms with Crippen LogP contribution in [0.4, 0.5) is 4.39 Å². The average Bonchev–Trinajstić information content (AvgIpc) is 3.21. The summed E-state index contributed by atoms with van der Waals surface area (Å²) in [6.07, 6.45) is 0. The first kappa shape index (κ1) is 25.1. The van der Waals surface area contributed by atoms with Crippen LogP contribution in [0, 0.1) is 5.82 Å². The smallest absolute Gasteiger partial charge is 0.236 e. The van der Waals surface area contributed by atoms with E-state index in [1.807, 2.05) is 23.6 Å². The van der Waals surface area contributed by atoms with E-state index in [1.54, 1.807) is 18.2 Å². The number of nitrogens with one attached hydrogen (secondary N) is 2. The minimum absolute atomic E-state index is 0.0565. The summed E-state index contributed by atoms with van der Waals surface area (Å²) in [5, 5.41) is 15.8. The Morgan fingerprint density at radius 3 is 2.66 bits per heavy atom. The normalized spacial score (nSPS) is 15.3. The molecule has 0 unspecified atom stereocenters. The van der Waals surface area contributed by atoms with E-state index in [4.69, 9.17) is 9.47 Å². The van der Waals surface area contributed by atoms with Gasteiger partial charge in [0.1, 0.15) is 23.1 Å². The minimum Gasteiger partial charge on any atom is -0.457 e. The molecule has 0 aliphatic carbocycles. The molecular weight excluding hydrogens is 453 g/mol. The van der Waals surface area contributed by atoms with Crippen molar-refractivity contribution in [2.45, 2.75) is 26.1 Å². The first-order valence-corrected chi connectivity index (χ1v) is 11.9. The van der Waals surface area contributed by atoms with Crippen LogP contribution >= 0.6 is 0 Å². The van der Waals surface area contributed by atoms with Gasteiger partial charge in [-0.25, -0.2) is 9.37 Å². The number of imidazole rings is 1. The van der Waals surface area contributed by atoms with Crippen molar-refractivity contribution in [2.24, 2.45) is 0 Å². The number of carbonyl (C=O) groups excluding carboxylic acids is 1. The molecule has 3 aromatic rings. The lowest BCUT2D eigenvalue weighted by atomic mass is 10.3. The Hall–Kier alpha value is -3.05. The van der Waals surface area contributed by atoms with Gasteiger partial charge in [0.25, 0.3) is 0 Å². The summed E-state index contributed by atoms with van der Waals surface area (Å²) in [7, 11) is 0. The van der Waals surface area contributed by atoms with Crippen molar-refractivity contribution in [2.75, 3.05) is 46.0 Å². The van der Waals surface area contributed by atoms with Gasteiger partial charge in [-0.3, -0.25) is 15.0 Å². The van der Waals surface area contributed by atoms with Gasteiger partial charge in [-0.15, -0.1) is 0 Å². The lowest BCUT2D eigenvalue weighted by Gasteiger charge is -2.26. The van der Waals surface area contributed by atoms with Crippen molar-refractivity contribution in [3.63, 3.8) is 0 Å². The van der Waals surface area contributed by atoms with Crippen LogP contribution < -0.4 is 15.4 Å². The van der Waals surface area contributed by atoms with Crippen LogP contribution in [-0.4, -0.2) is 77.5 Å². The molecule has 35 heavy (non-hydrogen) atoms. The molecule has 1 aromatic heterocycles. The van der Waals surface area contributed by atoms with Crippen molar-refractivity contribution in [1.82, 2.24) is 25.1 Å². The van der Waals surface area contributed by atoms with Gasteiger partial charge in [0.15, 0.2) is 0 Å². The Morgan fingerprint density at radius 1 is 1.17 bits per heavy atom. The maximum Gasteiger partial charge on any atom is 0.236 e. The summed E-state index contributed by atoms with van der Waals surface area (Å²) in [4.78, 5) is 19.5. The summed E-state index contributed by atoms with van der Waals surface area (Å²) in [6.45, 7) is 7.12. The van der Waals surface area contributed by atoms with Crippen LogP contribution in [0.1, 0.15) is 12.7 Å². The molecule has 10 heteroatoms. The molecule has 0 bridgehead atoms. The largest absolute Gasteiger partial charge is 0.457 e. The number of carbonyl (C=O) groups is 1. The SMILES string of the molecule is C[C@H](NCc1nc2ccc(Oc3ccc(F)cc3)cc2n1CCO)C(=O)NCCN1CCOCC1. The number of hydrogen-bond donors (Lipinski definition) is 3. The molecule has 3 N–H and O–H groups in total. The van der Waals surface area contributed by atoms with Gasteiger partial charge < -0.3 is 24.5 Å². The molecule has 1 aliphatic heterocycles. The molecule has 0 spiro atoms. The van der Waals surface area contributed by atoms with Gasteiger partial charge in [0.2, 0.25) is 5.91 Å². The molecule has 0 saturated carbocycles. The zero-order valence-corrected chi connectivity index (χ0v) is 19.9. The van der Waals surface area contributed by atoms with Gasteiger partial charge in [-0.1, -0.05) is 0 Å². The second-order valence-corrected chi connectivity index (χ2v) is 8.46. The quantitative estimate of drug-likeness (QED) is 0.381. The molecule has 1 saturated heterocycles. The van der Waals surface area contributed by atoms with Gasteiger partial charge in [-0.05, 0) is 43.3 Å². The molecular formula is C25H32FN5O4. The van der Waals surface area contributed by atoms with Crippen LogP contribution in [-0.2, 0) is 22.6 Å². The highest BCUT2D eigenvalue weighted by Gasteiger charge is 2.17. The van der Waals surface area contributed by atoms with Crippen LogP contribution in [0.25, 0.3) is 11.0 Å². The third-order valence-corrected chi connectivity index (χ3v) is 5.96. The number of nitrogens with zero attached hydrogens (tertiary/aromatic N) is 3. The summed E-state index contributed by atoms with van der Waals surface area (Å²) in [5.74, 6) is 1.41. The molecule has 188 valence electrons. The highest BCUT2D eigenvalue weighted by atomic mass is 19.1. The number of fused-ring (bicyclic) bond motifs is 1. The number of rotatable bonds is 11. The number of ether oxygens (including phenoxy) is 2. The van der Waals surface area contributed by atoms with E-state index in [9.17, 15) is 14.3 Å². The highest BCUT2D eigenvalue weighted by molar-refractivity contribution is 5.81. The van der Waals surface area contributed by atoms with E-state index in [0.717, 1.165) is 43.9 Å². The van der Waals surface area contributed by atoms with E-state index in [-0.39, 0.29) is 18.3 Å². The van der Waals surface area contributed by atoms with Crippen LogP contribution in [0.5, 0.6) is 11.5 Å². The fraction of sp³-hybridized carbons (Fsp3) is 0.440. The molecule has 4 rings (SSSR count). The van der Waals surface area contributed by atoms with Crippen molar-refractivity contribution in [3.8, 4) is 11.5 Å². The van der Waals surface area contributed by atoms with E-state index < -0.39 is 6.04 Å². The van der Waals surface area contributed by atoms with Crippen molar-refractivity contribution in [1.29, 1.82) is 0 Å². The summed E-state index contributed by atoms with van der Waals surface area (Å²) < 4.78 is 26.3. The second-order valence-electron chi connectivity index (χ2n) is 8.46. The second kappa shape index (κ2) is 12.1. The number of benzene rings is 2. The monoisotopic (exact) mass is 485 g/mol. The summed E-state index contributed by atoms with van der Waals surface area (Å²) in [6, 6.07) is 10.9. The van der Waals surface area contributed by atoms with Gasteiger partial charge in [0, 0.05) is 38.8 Å². The Balaban J connectivity index is 1.37.